The Balaban J connectivity index is 2.11. The van der Waals surface area contributed by atoms with Gasteiger partial charge in [0.05, 0.1) is 17.1 Å². The fraction of sp³-hybridized carbons (Fsp3) is 0.188. The zero-order chi connectivity index (χ0) is 20.1. The molecule has 0 fully saturated rings. The minimum absolute atomic E-state index is 0.0595. The Labute approximate surface area is 157 Å². The molecule has 0 saturated heterocycles. The van der Waals surface area contributed by atoms with Crippen LogP contribution in [-0.2, 0) is 14.3 Å². The van der Waals surface area contributed by atoms with Gasteiger partial charge in [0.1, 0.15) is 5.76 Å². The summed E-state index contributed by atoms with van der Waals surface area (Å²) >= 11 is 6.01. The zero-order valence-corrected chi connectivity index (χ0v) is 14.8. The molecule has 0 aliphatic carbocycles. The summed E-state index contributed by atoms with van der Waals surface area (Å²) in [6.45, 7) is 1.26. The van der Waals surface area contributed by atoms with Crippen molar-refractivity contribution >= 4 is 35.3 Å². The zero-order valence-electron chi connectivity index (χ0n) is 14.1. The van der Waals surface area contributed by atoms with E-state index >= 15 is 0 Å². The van der Waals surface area contributed by atoms with Gasteiger partial charge in [-0.25, -0.2) is 9.59 Å². The molecule has 0 radical (unpaired) electrons. The molecule has 10 nitrogen and oxygen atoms in total. The van der Waals surface area contributed by atoms with Crippen LogP contribution >= 0.6 is 11.6 Å². The molecule has 0 unspecified atom stereocenters. The number of hydrogen-bond donors (Lipinski definition) is 1. The number of nitrogens with zero attached hydrogens (tertiary/aromatic N) is 1. The van der Waals surface area contributed by atoms with Crippen LogP contribution in [0.4, 0.5) is 10.5 Å². The molecule has 2 aromatic rings. The van der Waals surface area contributed by atoms with Gasteiger partial charge in [0, 0.05) is 17.7 Å². The monoisotopic (exact) mass is 396 g/mol. The van der Waals surface area contributed by atoms with E-state index in [0.717, 1.165) is 13.2 Å². The van der Waals surface area contributed by atoms with Crippen LogP contribution in [0.3, 0.4) is 0 Å². The van der Waals surface area contributed by atoms with Gasteiger partial charge in [-0.1, -0.05) is 11.6 Å². The molecule has 2 amide bonds. The summed E-state index contributed by atoms with van der Waals surface area (Å²) in [5, 5.41) is 12.7. The molecule has 1 aromatic carbocycles. The minimum Gasteiger partial charge on any atom is -0.453 e. The summed E-state index contributed by atoms with van der Waals surface area (Å²) in [5.41, 5.74) is 0.137. The number of nitro benzene ring substituents is 1. The number of non-ortho nitro benzene ring substituents is 1. The Morgan fingerprint density at radius 2 is 1.96 bits per heavy atom. The Kier molecular flexibility index (Phi) is 6.14. The number of methoxy groups -OCH3 is 1. The van der Waals surface area contributed by atoms with Crippen LogP contribution in [0.15, 0.2) is 34.7 Å². The van der Waals surface area contributed by atoms with E-state index in [-0.39, 0.29) is 22.2 Å². The van der Waals surface area contributed by atoms with Gasteiger partial charge < -0.3 is 13.9 Å². The summed E-state index contributed by atoms with van der Waals surface area (Å²) in [6.07, 6.45) is -2.27. The van der Waals surface area contributed by atoms with Crippen LogP contribution in [-0.4, -0.2) is 36.1 Å². The van der Waals surface area contributed by atoms with Crippen molar-refractivity contribution in [2.45, 2.75) is 13.0 Å². The largest absolute Gasteiger partial charge is 0.453 e. The third-order valence-corrected chi connectivity index (χ3v) is 3.61. The molecule has 1 N–H and O–H groups in total. The van der Waals surface area contributed by atoms with E-state index in [0.29, 0.717) is 5.56 Å². The first kappa shape index (κ1) is 19.9. The predicted molar refractivity (Wildman–Crippen MR) is 91.2 cm³/mol. The van der Waals surface area contributed by atoms with Crippen molar-refractivity contribution in [2.24, 2.45) is 0 Å². The second-order valence-corrected chi connectivity index (χ2v) is 5.52. The highest BCUT2D eigenvalue weighted by atomic mass is 35.5. The van der Waals surface area contributed by atoms with Crippen molar-refractivity contribution in [2.75, 3.05) is 7.11 Å². The summed E-state index contributed by atoms with van der Waals surface area (Å²) < 4.78 is 14.5. The van der Waals surface area contributed by atoms with Crippen LogP contribution in [0.25, 0.3) is 11.3 Å². The second-order valence-electron chi connectivity index (χ2n) is 5.11. The highest BCUT2D eigenvalue weighted by molar-refractivity contribution is 6.33. The van der Waals surface area contributed by atoms with E-state index in [1.807, 2.05) is 5.32 Å². The normalized spacial score (nSPS) is 11.4. The molecule has 0 bridgehead atoms. The lowest BCUT2D eigenvalue weighted by atomic mass is 10.1. The first-order chi connectivity index (χ1) is 12.7. The first-order valence-electron chi connectivity index (χ1n) is 7.37. The fourth-order valence-corrected chi connectivity index (χ4v) is 2.20. The molecular weight excluding hydrogens is 384 g/mol. The lowest BCUT2D eigenvalue weighted by Crippen LogP contribution is -2.39. The molecule has 1 atom stereocenters. The molecule has 0 spiro atoms. The lowest BCUT2D eigenvalue weighted by molar-refractivity contribution is -0.384. The summed E-state index contributed by atoms with van der Waals surface area (Å²) in [4.78, 5) is 44.8. The maximum absolute atomic E-state index is 12.1. The Bertz CT molecular complexity index is 908. The van der Waals surface area contributed by atoms with Gasteiger partial charge in [0.2, 0.25) is 5.76 Å². The minimum atomic E-state index is -1.28. The number of benzene rings is 1. The van der Waals surface area contributed by atoms with Crippen molar-refractivity contribution in [1.82, 2.24) is 5.32 Å². The quantitative estimate of drug-likeness (QED) is 0.462. The maximum atomic E-state index is 12.1. The van der Waals surface area contributed by atoms with E-state index in [4.69, 9.17) is 20.8 Å². The van der Waals surface area contributed by atoms with Gasteiger partial charge in [-0.3, -0.25) is 20.2 Å². The number of alkyl carbamates (subject to hydrolysis) is 1. The van der Waals surface area contributed by atoms with Gasteiger partial charge in [0.25, 0.3) is 11.6 Å². The molecule has 2 rings (SSSR count). The number of ether oxygens (including phenoxy) is 2. The van der Waals surface area contributed by atoms with Gasteiger partial charge in [-0.2, -0.15) is 0 Å². The molecule has 0 aliphatic heterocycles. The van der Waals surface area contributed by atoms with Crippen LogP contribution in [0.1, 0.15) is 17.5 Å². The van der Waals surface area contributed by atoms with Crippen molar-refractivity contribution in [3.63, 3.8) is 0 Å². The van der Waals surface area contributed by atoms with E-state index in [9.17, 15) is 24.5 Å². The van der Waals surface area contributed by atoms with E-state index < -0.39 is 29.0 Å². The summed E-state index contributed by atoms with van der Waals surface area (Å²) in [6, 6.07) is 6.47. The maximum Gasteiger partial charge on any atom is 0.413 e. The number of hydrogen-bond acceptors (Lipinski definition) is 8. The topological polar surface area (TPSA) is 138 Å². The van der Waals surface area contributed by atoms with Crippen LogP contribution in [0.2, 0.25) is 5.02 Å². The van der Waals surface area contributed by atoms with E-state index in [1.165, 1.54) is 31.2 Å². The van der Waals surface area contributed by atoms with E-state index in [1.54, 1.807) is 0 Å². The number of esters is 1. The smallest absolute Gasteiger partial charge is 0.413 e. The molecule has 1 aromatic heterocycles. The third-order valence-electron chi connectivity index (χ3n) is 3.30. The van der Waals surface area contributed by atoms with Gasteiger partial charge >= 0.3 is 12.1 Å². The number of rotatable bonds is 5. The van der Waals surface area contributed by atoms with Crippen molar-refractivity contribution < 1.29 is 33.2 Å². The first-order valence-corrected chi connectivity index (χ1v) is 7.74. The highest BCUT2D eigenvalue weighted by Gasteiger charge is 2.23. The van der Waals surface area contributed by atoms with Crippen LogP contribution < -0.4 is 5.32 Å². The average molecular weight is 397 g/mol. The molecule has 1 heterocycles. The lowest BCUT2D eigenvalue weighted by Gasteiger charge is -2.11. The number of imide groups is 1. The molecular formula is C16H13ClN2O8. The Morgan fingerprint density at radius 1 is 1.26 bits per heavy atom. The molecule has 0 saturated carbocycles. The van der Waals surface area contributed by atoms with E-state index in [2.05, 4.69) is 4.74 Å². The SMILES string of the molecule is COC(=O)NC(=O)[C@@H](C)OC(=O)c1ccc(-c2ccc([N+](=O)[O-])cc2Cl)o1. The standard InChI is InChI=1S/C16H13ClN2O8/c1-8(14(20)18-16(22)25-2)26-15(21)13-6-5-12(27-13)10-4-3-9(19(23)24)7-11(10)17/h3-8H,1-2H3,(H,18,20,22)/t8-/m1/s1. The number of nitro groups is 1. The average Bonchev–Trinajstić information content (AvgIpc) is 3.11. The van der Waals surface area contributed by atoms with Crippen LogP contribution in [0.5, 0.6) is 0 Å². The number of carbonyl (C=O) groups is 3. The molecule has 11 heteroatoms. The number of halogens is 1. The molecule has 27 heavy (non-hydrogen) atoms. The predicted octanol–water partition coefficient (Wildman–Crippen LogP) is 2.94. The Hall–Kier alpha value is -3.40. The van der Waals surface area contributed by atoms with Crippen LogP contribution in [0, 0.1) is 10.1 Å². The second kappa shape index (κ2) is 8.32. The van der Waals surface area contributed by atoms with Gasteiger partial charge in [0.15, 0.2) is 6.10 Å². The number of furan rings is 1. The number of amides is 2. The van der Waals surface area contributed by atoms with Crippen molar-refractivity contribution in [1.29, 1.82) is 0 Å². The van der Waals surface area contributed by atoms with Crippen molar-refractivity contribution in [3.8, 4) is 11.3 Å². The van der Waals surface area contributed by atoms with Gasteiger partial charge in [-0.15, -0.1) is 0 Å². The number of nitrogens with one attached hydrogen (secondary N) is 1. The Morgan fingerprint density at radius 3 is 2.56 bits per heavy atom. The summed E-state index contributed by atoms with van der Waals surface area (Å²) in [5.74, 6) is -1.88. The molecule has 0 aliphatic rings. The fourth-order valence-electron chi connectivity index (χ4n) is 1.94. The third kappa shape index (κ3) is 4.82. The van der Waals surface area contributed by atoms with Crippen molar-refractivity contribution in [3.05, 3.63) is 51.2 Å². The highest BCUT2D eigenvalue weighted by Crippen LogP contribution is 2.32. The molecule has 142 valence electrons. The summed E-state index contributed by atoms with van der Waals surface area (Å²) in [7, 11) is 1.08. The van der Waals surface area contributed by atoms with Gasteiger partial charge in [-0.05, 0) is 25.1 Å². The number of carbonyl (C=O) groups excluding carboxylic acids is 3.